The summed E-state index contributed by atoms with van der Waals surface area (Å²) >= 11 is 0. The number of hydrogen-bond acceptors (Lipinski definition) is 4. The van der Waals surface area contributed by atoms with Crippen molar-refractivity contribution in [1.29, 1.82) is 0 Å². The molecule has 1 unspecified atom stereocenters. The highest BCUT2D eigenvalue weighted by Crippen LogP contribution is 2.24. The first kappa shape index (κ1) is 12.3. The van der Waals surface area contributed by atoms with Gasteiger partial charge in [0.15, 0.2) is 0 Å². The van der Waals surface area contributed by atoms with Crippen molar-refractivity contribution in [2.24, 2.45) is 0 Å². The Morgan fingerprint density at radius 2 is 2.12 bits per heavy atom. The Hall–Kier alpha value is -1.75. The standard InChI is InChI=1S/C11H16N2O3/c1-7(15-2)11(14)13-8-4-5-10(16-3)9(12)6-8/h4-7H,12H2,1-3H3,(H,13,14). The number of hydrogen-bond donors (Lipinski definition) is 2. The van der Waals surface area contributed by atoms with E-state index in [9.17, 15) is 4.79 Å². The van der Waals surface area contributed by atoms with Gasteiger partial charge in [0.2, 0.25) is 0 Å². The second kappa shape index (κ2) is 5.37. The number of nitrogen functional groups attached to an aromatic ring is 1. The van der Waals surface area contributed by atoms with Gasteiger partial charge in [0.1, 0.15) is 11.9 Å². The third kappa shape index (κ3) is 2.87. The highest BCUT2D eigenvalue weighted by Gasteiger charge is 2.11. The van der Waals surface area contributed by atoms with E-state index in [1.165, 1.54) is 14.2 Å². The number of carbonyl (C=O) groups is 1. The van der Waals surface area contributed by atoms with Crippen molar-refractivity contribution in [2.45, 2.75) is 13.0 Å². The molecule has 0 spiro atoms. The maximum absolute atomic E-state index is 11.5. The van der Waals surface area contributed by atoms with E-state index in [0.717, 1.165) is 0 Å². The van der Waals surface area contributed by atoms with E-state index >= 15 is 0 Å². The Morgan fingerprint density at radius 1 is 1.44 bits per heavy atom. The lowest BCUT2D eigenvalue weighted by Crippen LogP contribution is -2.26. The van der Waals surface area contributed by atoms with Crippen molar-refractivity contribution in [1.82, 2.24) is 0 Å². The predicted molar refractivity (Wildman–Crippen MR) is 62.5 cm³/mol. The van der Waals surface area contributed by atoms with Crippen molar-refractivity contribution in [3.05, 3.63) is 18.2 Å². The lowest BCUT2D eigenvalue weighted by Gasteiger charge is -2.11. The third-order valence-corrected chi connectivity index (χ3v) is 2.22. The van der Waals surface area contributed by atoms with Gasteiger partial charge < -0.3 is 20.5 Å². The third-order valence-electron chi connectivity index (χ3n) is 2.22. The van der Waals surface area contributed by atoms with Crippen LogP contribution in [0.4, 0.5) is 11.4 Å². The zero-order chi connectivity index (χ0) is 12.1. The molecule has 0 bridgehead atoms. The monoisotopic (exact) mass is 224 g/mol. The molecule has 0 radical (unpaired) electrons. The molecule has 0 aliphatic rings. The molecule has 0 saturated heterocycles. The van der Waals surface area contributed by atoms with Crippen LogP contribution >= 0.6 is 0 Å². The number of rotatable bonds is 4. The molecule has 1 rings (SSSR count). The SMILES string of the molecule is COc1ccc(NC(=O)C(C)OC)cc1N. The van der Waals surface area contributed by atoms with E-state index in [1.807, 2.05) is 0 Å². The Bertz CT molecular complexity index is 379. The van der Waals surface area contributed by atoms with Crippen molar-refractivity contribution in [3.63, 3.8) is 0 Å². The van der Waals surface area contributed by atoms with Gasteiger partial charge in [-0.3, -0.25) is 4.79 Å². The maximum atomic E-state index is 11.5. The van der Waals surface area contributed by atoms with Gasteiger partial charge >= 0.3 is 0 Å². The number of nitrogens with two attached hydrogens (primary N) is 1. The first-order chi connectivity index (χ1) is 7.58. The topological polar surface area (TPSA) is 73.6 Å². The second-order valence-electron chi connectivity index (χ2n) is 3.32. The fourth-order valence-electron chi connectivity index (χ4n) is 1.16. The van der Waals surface area contributed by atoms with Crippen LogP contribution in [0.1, 0.15) is 6.92 Å². The average molecular weight is 224 g/mol. The van der Waals surface area contributed by atoms with Gasteiger partial charge in [-0.15, -0.1) is 0 Å². The molecular formula is C11H16N2O3. The summed E-state index contributed by atoms with van der Waals surface area (Å²) in [6.45, 7) is 1.67. The van der Waals surface area contributed by atoms with Crippen molar-refractivity contribution < 1.29 is 14.3 Å². The molecule has 1 atom stereocenters. The molecule has 5 nitrogen and oxygen atoms in total. The highest BCUT2D eigenvalue weighted by molar-refractivity contribution is 5.94. The van der Waals surface area contributed by atoms with Crippen LogP contribution in [0.15, 0.2) is 18.2 Å². The summed E-state index contributed by atoms with van der Waals surface area (Å²) in [6.07, 6.45) is -0.497. The molecule has 3 N–H and O–H groups in total. The van der Waals surface area contributed by atoms with Crippen LogP contribution in [0.25, 0.3) is 0 Å². The molecule has 0 aliphatic carbocycles. The number of ether oxygens (including phenoxy) is 2. The number of amides is 1. The summed E-state index contributed by atoms with van der Waals surface area (Å²) in [5.41, 5.74) is 6.80. The fourth-order valence-corrected chi connectivity index (χ4v) is 1.16. The fraction of sp³-hybridized carbons (Fsp3) is 0.364. The summed E-state index contributed by atoms with van der Waals surface area (Å²) in [5, 5.41) is 2.69. The zero-order valence-electron chi connectivity index (χ0n) is 9.61. The molecule has 88 valence electrons. The Labute approximate surface area is 94.5 Å². The molecule has 1 aromatic rings. The first-order valence-corrected chi connectivity index (χ1v) is 4.85. The van der Waals surface area contributed by atoms with Crippen LogP contribution in [0.2, 0.25) is 0 Å². The maximum Gasteiger partial charge on any atom is 0.253 e. The zero-order valence-corrected chi connectivity index (χ0v) is 9.61. The summed E-state index contributed by atoms with van der Waals surface area (Å²) in [7, 11) is 3.02. The lowest BCUT2D eigenvalue weighted by molar-refractivity contribution is -0.124. The molecule has 0 aliphatic heterocycles. The van der Waals surface area contributed by atoms with Crippen LogP contribution in [0.5, 0.6) is 5.75 Å². The van der Waals surface area contributed by atoms with Crippen LogP contribution in [-0.2, 0) is 9.53 Å². The van der Waals surface area contributed by atoms with Crippen LogP contribution in [0, 0.1) is 0 Å². The molecule has 0 fully saturated rings. The molecule has 0 saturated carbocycles. The van der Waals surface area contributed by atoms with Gasteiger partial charge in [-0.05, 0) is 25.1 Å². The quantitative estimate of drug-likeness (QED) is 0.755. The van der Waals surface area contributed by atoms with Crippen molar-refractivity contribution >= 4 is 17.3 Å². The predicted octanol–water partition coefficient (Wildman–Crippen LogP) is 1.25. The Balaban J connectivity index is 2.75. The van der Waals surface area contributed by atoms with Gasteiger partial charge in [-0.1, -0.05) is 0 Å². The van der Waals surface area contributed by atoms with Gasteiger partial charge in [0.05, 0.1) is 12.8 Å². The lowest BCUT2D eigenvalue weighted by atomic mass is 10.2. The van der Waals surface area contributed by atoms with Gasteiger partial charge in [0.25, 0.3) is 5.91 Å². The van der Waals surface area contributed by atoms with E-state index in [0.29, 0.717) is 17.1 Å². The van der Waals surface area contributed by atoms with E-state index in [2.05, 4.69) is 5.32 Å². The van der Waals surface area contributed by atoms with Crippen LogP contribution in [-0.4, -0.2) is 26.2 Å². The molecule has 1 amide bonds. The number of carbonyl (C=O) groups excluding carboxylic acids is 1. The minimum absolute atomic E-state index is 0.216. The van der Waals surface area contributed by atoms with E-state index in [4.69, 9.17) is 15.2 Å². The van der Waals surface area contributed by atoms with Gasteiger partial charge in [0, 0.05) is 12.8 Å². The number of methoxy groups -OCH3 is 2. The van der Waals surface area contributed by atoms with Crippen LogP contribution < -0.4 is 15.8 Å². The van der Waals surface area contributed by atoms with E-state index in [1.54, 1.807) is 25.1 Å². The van der Waals surface area contributed by atoms with Gasteiger partial charge in [-0.25, -0.2) is 0 Å². The summed E-state index contributed by atoms with van der Waals surface area (Å²) in [6, 6.07) is 5.05. The first-order valence-electron chi connectivity index (χ1n) is 4.85. The molecule has 1 aromatic carbocycles. The number of anilines is 2. The largest absolute Gasteiger partial charge is 0.495 e. The van der Waals surface area contributed by atoms with Crippen molar-refractivity contribution in [2.75, 3.05) is 25.3 Å². The normalized spacial score (nSPS) is 11.9. The molecule has 0 heterocycles. The molecule has 5 heteroatoms. The minimum atomic E-state index is -0.497. The molecular weight excluding hydrogens is 208 g/mol. The van der Waals surface area contributed by atoms with Crippen LogP contribution in [0.3, 0.4) is 0 Å². The van der Waals surface area contributed by atoms with Gasteiger partial charge in [-0.2, -0.15) is 0 Å². The Morgan fingerprint density at radius 3 is 2.62 bits per heavy atom. The van der Waals surface area contributed by atoms with Crippen molar-refractivity contribution in [3.8, 4) is 5.75 Å². The summed E-state index contributed by atoms with van der Waals surface area (Å²) in [5.74, 6) is 0.366. The minimum Gasteiger partial charge on any atom is -0.495 e. The Kier molecular flexibility index (Phi) is 4.13. The van der Waals surface area contributed by atoms with E-state index < -0.39 is 6.10 Å². The smallest absolute Gasteiger partial charge is 0.253 e. The average Bonchev–Trinajstić information content (AvgIpc) is 2.28. The number of benzene rings is 1. The summed E-state index contributed by atoms with van der Waals surface area (Å²) in [4.78, 5) is 11.5. The summed E-state index contributed by atoms with van der Waals surface area (Å²) < 4.78 is 9.90. The number of nitrogens with one attached hydrogen (secondary N) is 1. The van der Waals surface area contributed by atoms with E-state index in [-0.39, 0.29) is 5.91 Å². The molecule has 0 aromatic heterocycles. The highest BCUT2D eigenvalue weighted by atomic mass is 16.5. The molecule has 16 heavy (non-hydrogen) atoms. The second-order valence-corrected chi connectivity index (χ2v) is 3.32.